The molecule has 0 radical (unpaired) electrons. The predicted molar refractivity (Wildman–Crippen MR) is 124 cm³/mol. The van der Waals surface area contributed by atoms with Crippen LogP contribution in [0.2, 0.25) is 0 Å². The zero-order valence-electron chi connectivity index (χ0n) is 16.5. The maximum atomic E-state index is 12.8. The van der Waals surface area contributed by atoms with E-state index in [0.29, 0.717) is 17.1 Å². The standard InChI is InChI=1S/C23H21N3O2S2/c1-2-8-21(27)25-18-11-6-7-12-20(18)29-14-17-13-22(28)26-19(15-30-23(26)24-17)16-9-4-3-5-10-16/h3-7,9-13,15H,2,8,14H2,1H3,(H,25,27). The maximum Gasteiger partial charge on any atom is 0.259 e. The van der Waals surface area contributed by atoms with Gasteiger partial charge in [0.15, 0.2) is 4.96 Å². The van der Waals surface area contributed by atoms with E-state index in [2.05, 4.69) is 5.32 Å². The fraction of sp³-hybridized carbons (Fsp3) is 0.174. The van der Waals surface area contributed by atoms with Gasteiger partial charge in [-0.3, -0.25) is 14.0 Å². The van der Waals surface area contributed by atoms with Crippen molar-refractivity contribution in [1.29, 1.82) is 0 Å². The van der Waals surface area contributed by atoms with Crippen molar-refractivity contribution in [2.24, 2.45) is 0 Å². The lowest BCUT2D eigenvalue weighted by atomic mass is 10.2. The van der Waals surface area contributed by atoms with Gasteiger partial charge < -0.3 is 5.32 Å². The number of thiazole rings is 1. The van der Waals surface area contributed by atoms with Gasteiger partial charge in [0.2, 0.25) is 5.91 Å². The van der Waals surface area contributed by atoms with Crippen LogP contribution in [0.1, 0.15) is 25.5 Å². The lowest BCUT2D eigenvalue weighted by Gasteiger charge is -2.10. The number of anilines is 1. The molecule has 0 aliphatic rings. The van der Waals surface area contributed by atoms with E-state index in [9.17, 15) is 9.59 Å². The molecule has 1 N–H and O–H groups in total. The van der Waals surface area contributed by atoms with Gasteiger partial charge in [-0.2, -0.15) is 0 Å². The van der Waals surface area contributed by atoms with E-state index >= 15 is 0 Å². The first-order valence-electron chi connectivity index (χ1n) is 9.73. The van der Waals surface area contributed by atoms with Gasteiger partial charge in [0.05, 0.1) is 17.1 Å². The van der Waals surface area contributed by atoms with Gasteiger partial charge in [-0.05, 0) is 24.1 Å². The van der Waals surface area contributed by atoms with Gasteiger partial charge in [0, 0.05) is 28.5 Å². The number of nitrogens with zero attached hydrogens (tertiary/aromatic N) is 2. The minimum Gasteiger partial charge on any atom is -0.325 e. The second-order valence-corrected chi connectivity index (χ2v) is 8.63. The van der Waals surface area contributed by atoms with Crippen LogP contribution < -0.4 is 10.9 Å². The minimum absolute atomic E-state index is 0.00960. The van der Waals surface area contributed by atoms with Crippen LogP contribution in [0.3, 0.4) is 0 Å². The van der Waals surface area contributed by atoms with E-state index in [0.717, 1.165) is 34.0 Å². The predicted octanol–water partition coefficient (Wildman–Crippen LogP) is 5.45. The molecule has 4 rings (SSSR count). The molecule has 0 saturated heterocycles. The molecule has 2 heterocycles. The molecule has 152 valence electrons. The molecule has 0 fully saturated rings. The van der Waals surface area contributed by atoms with Gasteiger partial charge in [0.25, 0.3) is 5.56 Å². The lowest BCUT2D eigenvalue weighted by Crippen LogP contribution is -2.14. The Balaban J connectivity index is 1.56. The molecule has 0 aliphatic heterocycles. The number of benzene rings is 2. The van der Waals surface area contributed by atoms with Crippen molar-refractivity contribution in [2.75, 3.05) is 5.32 Å². The Morgan fingerprint density at radius 2 is 1.90 bits per heavy atom. The fourth-order valence-corrected chi connectivity index (χ4v) is 4.96. The third kappa shape index (κ3) is 4.47. The zero-order chi connectivity index (χ0) is 20.9. The lowest BCUT2D eigenvalue weighted by molar-refractivity contribution is -0.116. The summed E-state index contributed by atoms with van der Waals surface area (Å²) in [4.78, 5) is 31.1. The third-order valence-electron chi connectivity index (χ3n) is 4.54. The highest BCUT2D eigenvalue weighted by molar-refractivity contribution is 7.98. The average Bonchev–Trinajstić information content (AvgIpc) is 3.19. The topological polar surface area (TPSA) is 63.5 Å². The van der Waals surface area contributed by atoms with Gasteiger partial charge in [0.1, 0.15) is 0 Å². The van der Waals surface area contributed by atoms with Crippen molar-refractivity contribution in [1.82, 2.24) is 9.38 Å². The Labute approximate surface area is 182 Å². The summed E-state index contributed by atoms with van der Waals surface area (Å²) in [6.07, 6.45) is 1.30. The van der Waals surface area contributed by atoms with Crippen molar-refractivity contribution < 1.29 is 4.79 Å². The highest BCUT2D eigenvalue weighted by Crippen LogP contribution is 2.30. The quantitative estimate of drug-likeness (QED) is 0.392. The first-order chi connectivity index (χ1) is 14.7. The van der Waals surface area contributed by atoms with Gasteiger partial charge >= 0.3 is 0 Å². The summed E-state index contributed by atoms with van der Waals surface area (Å²) in [5.74, 6) is 0.556. The number of fused-ring (bicyclic) bond motifs is 1. The average molecular weight is 436 g/mol. The van der Waals surface area contributed by atoms with Crippen molar-refractivity contribution >= 4 is 39.7 Å². The van der Waals surface area contributed by atoms with Crippen LogP contribution in [0.25, 0.3) is 16.2 Å². The number of rotatable bonds is 7. The number of aromatic nitrogens is 2. The van der Waals surface area contributed by atoms with Crippen LogP contribution in [-0.2, 0) is 10.5 Å². The second-order valence-electron chi connectivity index (χ2n) is 6.77. The van der Waals surface area contributed by atoms with Crippen LogP contribution in [0.4, 0.5) is 5.69 Å². The van der Waals surface area contributed by atoms with Crippen molar-refractivity contribution in [3.05, 3.63) is 82.1 Å². The second kappa shape index (κ2) is 9.28. The van der Waals surface area contributed by atoms with Gasteiger partial charge in [-0.15, -0.1) is 23.1 Å². The largest absolute Gasteiger partial charge is 0.325 e. The summed E-state index contributed by atoms with van der Waals surface area (Å²) in [6.45, 7) is 1.98. The zero-order valence-corrected chi connectivity index (χ0v) is 18.1. The molecule has 2 aromatic carbocycles. The van der Waals surface area contributed by atoms with Gasteiger partial charge in [-0.25, -0.2) is 4.98 Å². The Morgan fingerprint density at radius 3 is 2.70 bits per heavy atom. The molecule has 2 aromatic heterocycles. The number of carbonyl (C=O) groups is 1. The molecule has 0 unspecified atom stereocenters. The molecule has 0 saturated carbocycles. The number of hydrogen-bond donors (Lipinski definition) is 1. The summed E-state index contributed by atoms with van der Waals surface area (Å²) in [5.41, 5.74) is 3.28. The van der Waals surface area contributed by atoms with Crippen molar-refractivity contribution in [3.63, 3.8) is 0 Å². The summed E-state index contributed by atoms with van der Waals surface area (Å²) in [7, 11) is 0. The van der Waals surface area contributed by atoms with E-state index in [1.807, 2.05) is 66.9 Å². The first kappa shape index (κ1) is 20.4. The van der Waals surface area contributed by atoms with Crippen LogP contribution in [0.5, 0.6) is 0 Å². The number of amides is 1. The monoisotopic (exact) mass is 435 g/mol. The molecule has 7 heteroatoms. The molecule has 30 heavy (non-hydrogen) atoms. The molecule has 0 atom stereocenters. The van der Waals surface area contributed by atoms with E-state index in [4.69, 9.17) is 4.98 Å². The van der Waals surface area contributed by atoms with Crippen molar-refractivity contribution in [2.45, 2.75) is 30.4 Å². The molecular formula is C23H21N3O2S2. The molecular weight excluding hydrogens is 414 g/mol. The summed E-state index contributed by atoms with van der Waals surface area (Å²) in [5, 5.41) is 4.93. The first-order valence-corrected chi connectivity index (χ1v) is 11.6. The maximum absolute atomic E-state index is 12.8. The van der Waals surface area contributed by atoms with Crippen molar-refractivity contribution in [3.8, 4) is 11.3 Å². The Bertz CT molecular complexity index is 1230. The minimum atomic E-state index is -0.0831. The van der Waals surface area contributed by atoms with Crippen LogP contribution in [0, 0.1) is 0 Å². The normalized spacial score (nSPS) is 11.0. The molecule has 0 spiro atoms. The summed E-state index contributed by atoms with van der Waals surface area (Å²) >= 11 is 3.02. The molecule has 0 aliphatic carbocycles. The number of carbonyl (C=O) groups excluding carboxylic acids is 1. The molecule has 0 bridgehead atoms. The third-order valence-corrected chi connectivity index (χ3v) is 6.47. The summed E-state index contributed by atoms with van der Waals surface area (Å²) < 4.78 is 1.66. The van der Waals surface area contributed by atoms with E-state index < -0.39 is 0 Å². The van der Waals surface area contributed by atoms with Crippen LogP contribution in [-0.4, -0.2) is 15.3 Å². The van der Waals surface area contributed by atoms with E-state index in [-0.39, 0.29) is 11.5 Å². The summed E-state index contributed by atoms with van der Waals surface area (Å²) in [6, 6.07) is 19.1. The number of nitrogens with one attached hydrogen (secondary N) is 1. The van der Waals surface area contributed by atoms with Crippen LogP contribution >= 0.6 is 23.1 Å². The molecule has 1 amide bonds. The molecule has 4 aromatic rings. The molecule has 5 nitrogen and oxygen atoms in total. The highest BCUT2D eigenvalue weighted by Gasteiger charge is 2.12. The number of para-hydroxylation sites is 1. The number of thioether (sulfide) groups is 1. The Morgan fingerprint density at radius 1 is 1.13 bits per heavy atom. The van der Waals surface area contributed by atoms with E-state index in [1.54, 1.807) is 22.2 Å². The number of hydrogen-bond acceptors (Lipinski definition) is 5. The highest BCUT2D eigenvalue weighted by atomic mass is 32.2. The van der Waals surface area contributed by atoms with E-state index in [1.165, 1.54) is 11.3 Å². The fourth-order valence-electron chi connectivity index (χ4n) is 3.14. The van der Waals surface area contributed by atoms with Crippen LogP contribution in [0.15, 0.2) is 75.7 Å². The Kier molecular flexibility index (Phi) is 6.30. The SMILES string of the molecule is CCCC(=O)Nc1ccccc1SCc1cc(=O)n2c(-c3ccccc3)csc2n1. The van der Waals surface area contributed by atoms with Gasteiger partial charge in [-0.1, -0.05) is 49.4 Å². The smallest absolute Gasteiger partial charge is 0.259 e. The Hall–Kier alpha value is -2.90.